The Morgan fingerprint density at radius 1 is 0.860 bits per heavy atom. The number of nitrogens with zero attached hydrogens (tertiary/aromatic N) is 2. The molecule has 0 saturated heterocycles. The molecule has 0 bridgehead atoms. The molecule has 3 amide bonds. The first-order valence-corrected chi connectivity index (χ1v) is 14.0. The fourth-order valence-corrected chi connectivity index (χ4v) is 4.77. The van der Waals surface area contributed by atoms with Gasteiger partial charge in [-0.1, -0.05) is 38.5 Å². The molecule has 0 spiro atoms. The number of para-hydroxylation sites is 1. The number of nitrogens with one attached hydrogen (secondary N) is 6. The van der Waals surface area contributed by atoms with E-state index in [1.807, 2.05) is 31.2 Å². The second-order valence-corrected chi connectivity index (χ2v) is 10.6. The first-order chi connectivity index (χ1) is 20.7. The third-order valence-electron chi connectivity index (χ3n) is 7.45. The van der Waals surface area contributed by atoms with Crippen LogP contribution >= 0.6 is 0 Å². The minimum Gasteiger partial charge on any atom is -0.480 e. The monoisotopic (exact) mass is 591 g/mol. The van der Waals surface area contributed by atoms with E-state index in [9.17, 15) is 24.3 Å². The number of carbonyl (C=O) groups excluding carboxylic acids is 3. The Balaban J connectivity index is 1.47. The average molecular weight is 592 g/mol. The van der Waals surface area contributed by atoms with E-state index in [1.165, 1.54) is 25.0 Å². The highest BCUT2D eigenvalue weighted by molar-refractivity contribution is 5.94. The number of hydrogen-bond donors (Lipinski definition) is 8. The van der Waals surface area contributed by atoms with Gasteiger partial charge >= 0.3 is 5.97 Å². The van der Waals surface area contributed by atoms with E-state index in [1.54, 1.807) is 13.1 Å². The summed E-state index contributed by atoms with van der Waals surface area (Å²) in [4.78, 5) is 68.8. The molecule has 3 aromatic heterocycles. The number of H-pyrrole nitrogens is 3. The molecule has 0 aliphatic rings. The molecule has 228 valence electrons. The summed E-state index contributed by atoms with van der Waals surface area (Å²) in [6.07, 6.45) is 8.47. The minimum atomic E-state index is -1.25. The van der Waals surface area contributed by atoms with Gasteiger partial charge in [-0.2, -0.15) is 0 Å². The zero-order valence-corrected chi connectivity index (χ0v) is 24.0. The molecule has 4 aromatic rings. The van der Waals surface area contributed by atoms with Gasteiger partial charge < -0.3 is 41.7 Å². The molecule has 4 rings (SSSR count). The molecule has 0 aliphatic carbocycles. The van der Waals surface area contributed by atoms with Crippen LogP contribution in [0, 0.1) is 5.92 Å². The number of benzene rings is 1. The van der Waals surface area contributed by atoms with Crippen molar-refractivity contribution in [1.29, 1.82) is 0 Å². The summed E-state index contributed by atoms with van der Waals surface area (Å²) in [5.74, 6) is -3.40. The van der Waals surface area contributed by atoms with Gasteiger partial charge in [0.05, 0.1) is 18.7 Å². The van der Waals surface area contributed by atoms with Gasteiger partial charge in [-0.05, 0) is 24.0 Å². The number of aliphatic carboxylic acids is 1. The number of fused-ring (bicyclic) bond motifs is 1. The number of amides is 3. The van der Waals surface area contributed by atoms with Gasteiger partial charge in [-0.3, -0.25) is 14.4 Å². The molecule has 14 nitrogen and oxygen atoms in total. The Labute approximate surface area is 247 Å². The van der Waals surface area contributed by atoms with Crippen LogP contribution in [0.15, 0.2) is 55.5 Å². The average Bonchev–Trinajstić information content (AvgIpc) is 3.78. The first kappa shape index (κ1) is 31.0. The van der Waals surface area contributed by atoms with Crippen LogP contribution in [0.2, 0.25) is 0 Å². The Kier molecular flexibility index (Phi) is 10.3. The van der Waals surface area contributed by atoms with E-state index in [-0.39, 0.29) is 25.2 Å². The summed E-state index contributed by atoms with van der Waals surface area (Å²) in [5, 5.41) is 18.7. The zero-order chi connectivity index (χ0) is 30.9. The molecule has 5 atom stereocenters. The number of carboxylic acids is 1. The van der Waals surface area contributed by atoms with Crippen molar-refractivity contribution in [3.8, 4) is 0 Å². The van der Waals surface area contributed by atoms with Gasteiger partial charge in [0.25, 0.3) is 0 Å². The van der Waals surface area contributed by atoms with Crippen molar-refractivity contribution in [3.63, 3.8) is 0 Å². The van der Waals surface area contributed by atoms with Gasteiger partial charge in [0, 0.05) is 53.7 Å². The van der Waals surface area contributed by atoms with Gasteiger partial charge in [0.2, 0.25) is 17.7 Å². The standard InChI is InChI=1S/C29H37N9O5/c1-3-16(2)25(28(41)37-24(29(42)43)10-19-13-32-15-35-19)38-27(40)23(9-18-12-31-14-34-18)36-26(39)21(30)8-17-11-33-22-7-5-4-6-20(17)22/h4-7,11-16,21,23-25,33H,3,8-10,30H2,1-2H3,(H,31,34)(H,32,35)(H,36,39)(H,37,41)(H,38,40)(H,42,43). The van der Waals surface area contributed by atoms with Crippen LogP contribution in [0.25, 0.3) is 10.9 Å². The third-order valence-corrected chi connectivity index (χ3v) is 7.45. The normalized spacial score (nSPS) is 14.8. The molecule has 0 fully saturated rings. The van der Waals surface area contributed by atoms with Gasteiger partial charge in [0.1, 0.15) is 18.1 Å². The maximum atomic E-state index is 13.6. The lowest BCUT2D eigenvalue weighted by Gasteiger charge is -2.28. The number of carbonyl (C=O) groups is 4. The van der Waals surface area contributed by atoms with Crippen molar-refractivity contribution in [2.24, 2.45) is 11.7 Å². The van der Waals surface area contributed by atoms with Crippen molar-refractivity contribution in [3.05, 3.63) is 72.5 Å². The molecule has 0 saturated carbocycles. The number of hydrogen-bond acceptors (Lipinski definition) is 7. The molecule has 5 unspecified atom stereocenters. The number of rotatable bonds is 15. The van der Waals surface area contributed by atoms with E-state index < -0.39 is 47.9 Å². The van der Waals surface area contributed by atoms with E-state index in [0.717, 1.165) is 16.5 Å². The predicted octanol–water partition coefficient (Wildman–Crippen LogP) is 0.554. The third kappa shape index (κ3) is 8.07. The Morgan fingerprint density at radius 2 is 1.49 bits per heavy atom. The lowest BCUT2D eigenvalue weighted by Crippen LogP contribution is -2.59. The highest BCUT2D eigenvalue weighted by atomic mass is 16.4. The second-order valence-electron chi connectivity index (χ2n) is 10.6. The fraction of sp³-hybridized carbons (Fsp3) is 0.379. The quantitative estimate of drug-likeness (QED) is 0.0972. The minimum absolute atomic E-state index is 0.0188. The van der Waals surface area contributed by atoms with E-state index in [2.05, 4.69) is 40.9 Å². The number of imidazole rings is 2. The van der Waals surface area contributed by atoms with E-state index in [4.69, 9.17) is 5.73 Å². The Hall–Kier alpha value is -4.98. The summed E-state index contributed by atoms with van der Waals surface area (Å²) in [6.45, 7) is 3.62. The molecule has 43 heavy (non-hydrogen) atoms. The van der Waals surface area contributed by atoms with Crippen molar-refractivity contribution >= 4 is 34.6 Å². The summed E-state index contributed by atoms with van der Waals surface area (Å²) in [7, 11) is 0. The van der Waals surface area contributed by atoms with Crippen LogP contribution in [-0.2, 0) is 38.4 Å². The van der Waals surface area contributed by atoms with Gasteiger partial charge in [-0.25, -0.2) is 14.8 Å². The maximum absolute atomic E-state index is 13.6. The first-order valence-electron chi connectivity index (χ1n) is 14.0. The van der Waals surface area contributed by atoms with Crippen molar-refractivity contribution in [2.75, 3.05) is 0 Å². The highest BCUT2D eigenvalue weighted by Crippen LogP contribution is 2.19. The fourth-order valence-electron chi connectivity index (χ4n) is 4.77. The number of carboxylic acid groups (broad SMARTS) is 1. The molecule has 0 radical (unpaired) electrons. The lowest BCUT2D eigenvalue weighted by molar-refractivity contribution is -0.142. The number of aromatic nitrogens is 5. The van der Waals surface area contributed by atoms with Gasteiger partial charge in [-0.15, -0.1) is 0 Å². The van der Waals surface area contributed by atoms with Crippen LogP contribution < -0.4 is 21.7 Å². The van der Waals surface area contributed by atoms with Gasteiger partial charge in [0.15, 0.2) is 0 Å². The highest BCUT2D eigenvalue weighted by Gasteiger charge is 2.33. The van der Waals surface area contributed by atoms with Crippen molar-refractivity contribution in [2.45, 2.75) is 63.7 Å². The van der Waals surface area contributed by atoms with E-state index >= 15 is 0 Å². The molecule has 3 heterocycles. The van der Waals surface area contributed by atoms with Crippen LogP contribution in [0.3, 0.4) is 0 Å². The Morgan fingerprint density at radius 3 is 2.09 bits per heavy atom. The van der Waals surface area contributed by atoms with Crippen LogP contribution in [0.4, 0.5) is 0 Å². The predicted molar refractivity (Wildman–Crippen MR) is 157 cm³/mol. The summed E-state index contributed by atoms with van der Waals surface area (Å²) < 4.78 is 0. The molecule has 9 N–H and O–H groups in total. The summed E-state index contributed by atoms with van der Waals surface area (Å²) in [6, 6.07) is 3.30. The zero-order valence-electron chi connectivity index (χ0n) is 24.0. The second kappa shape index (κ2) is 14.3. The summed E-state index contributed by atoms with van der Waals surface area (Å²) in [5.41, 5.74) is 9.18. The molecule has 14 heteroatoms. The van der Waals surface area contributed by atoms with Crippen molar-refractivity contribution < 1.29 is 24.3 Å². The molecular weight excluding hydrogens is 554 g/mol. The maximum Gasteiger partial charge on any atom is 0.326 e. The van der Waals surface area contributed by atoms with Crippen LogP contribution in [-0.4, -0.2) is 77.9 Å². The van der Waals surface area contributed by atoms with E-state index in [0.29, 0.717) is 17.8 Å². The number of aromatic amines is 3. The lowest BCUT2D eigenvalue weighted by atomic mass is 9.96. The molecule has 1 aromatic carbocycles. The largest absolute Gasteiger partial charge is 0.480 e. The van der Waals surface area contributed by atoms with Crippen molar-refractivity contribution in [1.82, 2.24) is 40.9 Å². The topological polar surface area (TPSA) is 224 Å². The number of nitrogens with two attached hydrogens (primary N) is 1. The van der Waals surface area contributed by atoms with Crippen LogP contribution in [0.1, 0.15) is 37.2 Å². The Bertz CT molecular complexity index is 1520. The SMILES string of the molecule is CCC(C)C(NC(=O)C(Cc1cnc[nH]1)NC(=O)C(N)Cc1c[nH]c2ccccc12)C(=O)NC(Cc1cnc[nH]1)C(=O)O. The van der Waals surface area contributed by atoms with Crippen LogP contribution in [0.5, 0.6) is 0 Å². The smallest absolute Gasteiger partial charge is 0.326 e. The summed E-state index contributed by atoms with van der Waals surface area (Å²) >= 11 is 0. The molecule has 0 aliphatic heterocycles. The molecular formula is C29H37N9O5.